The van der Waals surface area contributed by atoms with Gasteiger partial charge < -0.3 is 20.1 Å². The number of anilines is 2. The Morgan fingerprint density at radius 3 is 2.51 bits per heavy atom. The minimum absolute atomic E-state index is 0.296. The molecule has 3 aromatic rings. The lowest BCUT2D eigenvalue weighted by Crippen LogP contribution is -2.39. The molecule has 212 valence electrons. The summed E-state index contributed by atoms with van der Waals surface area (Å²) in [6, 6.07) is 19.8. The maximum absolute atomic E-state index is 13.2. The first-order chi connectivity index (χ1) is 19.9. The van der Waals surface area contributed by atoms with Crippen LogP contribution < -0.4 is 16.1 Å². The Balaban J connectivity index is 1.36. The van der Waals surface area contributed by atoms with E-state index in [1.807, 2.05) is 43.3 Å². The normalized spacial score (nSPS) is 16.0. The topological polar surface area (TPSA) is 118 Å². The number of amides is 2. The molecule has 1 fully saturated rings. The number of ether oxygens (including phenoxy) is 2. The average Bonchev–Trinajstić information content (AvgIpc) is 3.33. The summed E-state index contributed by atoms with van der Waals surface area (Å²) in [6.07, 6.45) is 0. The van der Waals surface area contributed by atoms with Gasteiger partial charge in [-0.2, -0.15) is 0 Å². The monoisotopic (exact) mass is 556 g/mol. The zero-order valence-corrected chi connectivity index (χ0v) is 23.0. The van der Waals surface area contributed by atoms with E-state index in [4.69, 9.17) is 14.3 Å². The van der Waals surface area contributed by atoms with Crippen LogP contribution >= 0.6 is 0 Å². The molecule has 0 bridgehead atoms. The summed E-state index contributed by atoms with van der Waals surface area (Å²) in [4.78, 5) is 45.7. The third kappa shape index (κ3) is 6.46. The number of hydrogen-bond donors (Lipinski definition) is 3. The summed E-state index contributed by atoms with van der Waals surface area (Å²) in [7, 11) is 1.31. The summed E-state index contributed by atoms with van der Waals surface area (Å²) < 4.78 is 10.2. The van der Waals surface area contributed by atoms with Gasteiger partial charge in [-0.05, 0) is 48.4 Å². The van der Waals surface area contributed by atoms with E-state index < -0.39 is 5.97 Å². The van der Waals surface area contributed by atoms with Gasteiger partial charge in [0.15, 0.2) is 0 Å². The van der Waals surface area contributed by atoms with Crippen LogP contribution in [0.2, 0.25) is 0 Å². The van der Waals surface area contributed by atoms with Crippen molar-refractivity contribution in [1.29, 1.82) is 0 Å². The first-order valence-corrected chi connectivity index (χ1v) is 13.4. The molecule has 2 aliphatic heterocycles. The summed E-state index contributed by atoms with van der Waals surface area (Å²) >= 11 is 0. The van der Waals surface area contributed by atoms with Crippen LogP contribution in [-0.4, -0.2) is 69.2 Å². The molecule has 2 amide bonds. The molecule has 2 heterocycles. The van der Waals surface area contributed by atoms with Crippen molar-refractivity contribution in [2.75, 3.05) is 57.2 Å². The second-order valence-electron chi connectivity index (χ2n) is 9.71. The van der Waals surface area contributed by atoms with E-state index >= 15 is 0 Å². The van der Waals surface area contributed by atoms with Crippen molar-refractivity contribution in [3.05, 3.63) is 94.5 Å². The second kappa shape index (κ2) is 12.8. The Kier molecular flexibility index (Phi) is 8.73. The summed E-state index contributed by atoms with van der Waals surface area (Å²) in [6.45, 7) is 6.06. The highest BCUT2D eigenvalue weighted by atomic mass is 16.7. The summed E-state index contributed by atoms with van der Waals surface area (Å²) in [5.41, 5.74) is 7.82. The van der Waals surface area contributed by atoms with E-state index in [1.54, 1.807) is 30.3 Å². The SMILES string of the molecule is COC(=O)c1ccc2c(c1)NC(=O)/C2=C(\Nc1ccc(C(=O)NOCCN2CCOCC2)c(C)c1)c1ccccc1. The molecule has 0 unspecified atom stereocenters. The second-order valence-corrected chi connectivity index (χ2v) is 9.71. The van der Waals surface area contributed by atoms with Crippen LogP contribution in [0.3, 0.4) is 0 Å². The van der Waals surface area contributed by atoms with Gasteiger partial charge in [0.1, 0.15) is 0 Å². The van der Waals surface area contributed by atoms with Crippen molar-refractivity contribution in [2.24, 2.45) is 0 Å². The molecule has 3 N–H and O–H groups in total. The molecular weight excluding hydrogens is 524 g/mol. The predicted octanol–water partition coefficient (Wildman–Crippen LogP) is 3.71. The number of hydrogen-bond acceptors (Lipinski definition) is 8. The van der Waals surface area contributed by atoms with E-state index in [0.717, 1.165) is 24.2 Å². The Bertz CT molecular complexity index is 1480. The molecular formula is C31H32N4O6. The maximum Gasteiger partial charge on any atom is 0.337 e. The molecule has 0 radical (unpaired) electrons. The molecule has 3 aromatic carbocycles. The standard InChI is InChI=1S/C31H32N4O6/c1-20-18-23(9-11-24(20)29(36)34-41-17-14-35-12-15-40-16-13-35)32-28(21-6-4-3-5-7-21)27-25-10-8-22(31(38)39-2)19-26(25)33-30(27)37/h3-11,18-19,32H,12-17H2,1-2H3,(H,33,37)(H,34,36)/b28-27-. The smallest absolute Gasteiger partial charge is 0.337 e. The molecule has 0 aromatic heterocycles. The molecule has 2 aliphatic rings. The summed E-state index contributed by atoms with van der Waals surface area (Å²) in [5, 5.41) is 6.26. The molecule has 0 aliphatic carbocycles. The van der Waals surface area contributed by atoms with Gasteiger partial charge in [0.25, 0.3) is 11.8 Å². The third-order valence-electron chi connectivity index (χ3n) is 7.02. The number of rotatable bonds is 9. The van der Waals surface area contributed by atoms with Crippen LogP contribution in [0.25, 0.3) is 11.3 Å². The molecule has 10 nitrogen and oxygen atoms in total. The van der Waals surface area contributed by atoms with Crippen LogP contribution in [0.1, 0.15) is 37.4 Å². The van der Waals surface area contributed by atoms with E-state index in [9.17, 15) is 14.4 Å². The number of methoxy groups -OCH3 is 1. The highest BCUT2D eigenvalue weighted by Crippen LogP contribution is 2.38. The van der Waals surface area contributed by atoms with Crippen LogP contribution in [0.5, 0.6) is 0 Å². The molecule has 0 spiro atoms. The quantitative estimate of drug-likeness (QED) is 0.158. The number of aryl methyl sites for hydroxylation is 1. The maximum atomic E-state index is 13.2. The Hall–Kier alpha value is -4.51. The lowest BCUT2D eigenvalue weighted by Gasteiger charge is -2.26. The van der Waals surface area contributed by atoms with Crippen LogP contribution in [0.4, 0.5) is 11.4 Å². The van der Waals surface area contributed by atoms with Gasteiger partial charge in [0.2, 0.25) is 0 Å². The fourth-order valence-electron chi connectivity index (χ4n) is 4.86. The molecule has 5 rings (SSSR count). The van der Waals surface area contributed by atoms with Crippen LogP contribution in [0.15, 0.2) is 66.7 Å². The van der Waals surface area contributed by atoms with Crippen LogP contribution in [0, 0.1) is 6.92 Å². The fraction of sp³-hybridized carbons (Fsp3) is 0.258. The lowest BCUT2D eigenvalue weighted by molar-refractivity contribution is -0.110. The van der Waals surface area contributed by atoms with E-state index in [2.05, 4.69) is 21.0 Å². The summed E-state index contributed by atoms with van der Waals surface area (Å²) in [5.74, 6) is -1.11. The van der Waals surface area contributed by atoms with Crippen molar-refractivity contribution >= 4 is 40.4 Å². The van der Waals surface area contributed by atoms with Gasteiger partial charge in [-0.15, -0.1) is 0 Å². The number of nitrogens with one attached hydrogen (secondary N) is 3. The van der Waals surface area contributed by atoms with E-state index in [1.165, 1.54) is 7.11 Å². The fourth-order valence-corrected chi connectivity index (χ4v) is 4.86. The predicted molar refractivity (Wildman–Crippen MR) is 155 cm³/mol. The highest BCUT2D eigenvalue weighted by molar-refractivity contribution is 6.37. The zero-order chi connectivity index (χ0) is 28.8. The number of carbonyl (C=O) groups is 3. The van der Waals surface area contributed by atoms with Gasteiger partial charge in [-0.1, -0.05) is 36.4 Å². The van der Waals surface area contributed by atoms with Crippen LogP contribution in [-0.2, 0) is 19.1 Å². The Morgan fingerprint density at radius 2 is 1.78 bits per heavy atom. The first-order valence-electron chi connectivity index (χ1n) is 13.4. The Morgan fingerprint density at radius 1 is 1.00 bits per heavy atom. The number of fused-ring (bicyclic) bond motifs is 1. The van der Waals surface area contributed by atoms with Gasteiger partial charge in [0, 0.05) is 36.4 Å². The van der Waals surface area contributed by atoms with E-state index in [0.29, 0.717) is 65.7 Å². The zero-order valence-electron chi connectivity index (χ0n) is 23.0. The van der Waals surface area contributed by atoms with Crippen molar-refractivity contribution in [1.82, 2.24) is 10.4 Å². The highest BCUT2D eigenvalue weighted by Gasteiger charge is 2.29. The molecule has 10 heteroatoms. The van der Waals surface area contributed by atoms with E-state index in [-0.39, 0.29) is 11.8 Å². The lowest BCUT2D eigenvalue weighted by atomic mass is 9.98. The minimum atomic E-state index is -0.483. The molecule has 0 atom stereocenters. The number of morpholine rings is 1. The van der Waals surface area contributed by atoms with Gasteiger partial charge in [0.05, 0.1) is 49.5 Å². The van der Waals surface area contributed by atoms with Gasteiger partial charge in [-0.25, -0.2) is 10.3 Å². The molecule has 0 saturated carbocycles. The van der Waals surface area contributed by atoms with Crippen molar-refractivity contribution in [3.8, 4) is 0 Å². The number of carbonyl (C=O) groups excluding carboxylic acids is 3. The van der Waals surface area contributed by atoms with Gasteiger partial charge >= 0.3 is 5.97 Å². The van der Waals surface area contributed by atoms with Crippen molar-refractivity contribution in [3.63, 3.8) is 0 Å². The number of hydroxylamine groups is 1. The largest absolute Gasteiger partial charge is 0.465 e. The van der Waals surface area contributed by atoms with Crippen molar-refractivity contribution < 1.29 is 28.7 Å². The minimum Gasteiger partial charge on any atom is -0.465 e. The number of benzene rings is 3. The Labute approximate surface area is 238 Å². The molecule has 1 saturated heterocycles. The third-order valence-corrected chi connectivity index (χ3v) is 7.02. The van der Waals surface area contributed by atoms with Crippen molar-refractivity contribution in [2.45, 2.75) is 6.92 Å². The van der Waals surface area contributed by atoms with Gasteiger partial charge in [-0.3, -0.25) is 19.3 Å². The average molecular weight is 557 g/mol. The number of esters is 1. The first kappa shape index (κ1) is 28.0. The number of nitrogens with zero attached hydrogens (tertiary/aromatic N) is 1. The molecule has 41 heavy (non-hydrogen) atoms.